The van der Waals surface area contributed by atoms with E-state index in [4.69, 9.17) is 16.2 Å². The Labute approximate surface area is 211 Å². The van der Waals surface area contributed by atoms with Gasteiger partial charge in [0.25, 0.3) is 0 Å². The average Bonchev–Trinajstić information content (AvgIpc) is 2.77. The van der Waals surface area contributed by atoms with Crippen molar-refractivity contribution in [3.8, 4) is 0 Å². The number of pyridine rings is 1. The lowest BCUT2D eigenvalue weighted by Gasteiger charge is -2.13. The van der Waals surface area contributed by atoms with Gasteiger partial charge in [-0.2, -0.15) is 4.72 Å². The Morgan fingerprint density at radius 1 is 1.00 bits per heavy atom. The molecule has 0 aliphatic heterocycles. The molecule has 1 atom stereocenters. The molecule has 0 bridgehead atoms. The minimum atomic E-state index is -3.92. The summed E-state index contributed by atoms with van der Waals surface area (Å²) in [4.78, 5) is 28.6. The van der Waals surface area contributed by atoms with Crippen molar-refractivity contribution >= 4 is 50.4 Å². The average molecular weight is 594 g/mol. The van der Waals surface area contributed by atoms with Crippen molar-refractivity contribution in [3.05, 3.63) is 87.1 Å². The fourth-order valence-corrected chi connectivity index (χ4v) is 4.50. The molecule has 34 heavy (non-hydrogen) atoms. The molecular weight excluding hydrogens is 571 g/mol. The van der Waals surface area contributed by atoms with Crippen LogP contribution in [0.1, 0.15) is 28.0 Å². The number of halogens is 1. The molecule has 178 valence electrons. The summed E-state index contributed by atoms with van der Waals surface area (Å²) in [6.07, 6.45) is -0.392. The molecule has 1 aromatic heterocycles. The lowest BCUT2D eigenvalue weighted by Crippen LogP contribution is -2.43. The predicted octanol–water partition coefficient (Wildman–Crippen LogP) is 2.39. The van der Waals surface area contributed by atoms with Crippen molar-refractivity contribution in [1.82, 2.24) is 9.71 Å². The SMILES string of the molecule is Nc1cccc(CCc2ccc(C(=O)OC(=O)C[C@@H](N)NS(=O)(=O)c3ccc(I)cc3)cc2)n1. The van der Waals surface area contributed by atoms with E-state index in [0.29, 0.717) is 18.7 Å². The summed E-state index contributed by atoms with van der Waals surface area (Å²) < 4.78 is 32.6. The van der Waals surface area contributed by atoms with E-state index in [0.717, 1.165) is 14.8 Å². The number of aryl methyl sites for hydroxylation is 2. The maximum atomic E-state index is 12.3. The number of nitrogens with one attached hydrogen (secondary N) is 1. The first-order valence-electron chi connectivity index (χ1n) is 10.2. The second-order valence-corrected chi connectivity index (χ2v) is 10.4. The van der Waals surface area contributed by atoms with Gasteiger partial charge in [0.15, 0.2) is 0 Å². The molecule has 11 heteroatoms. The van der Waals surface area contributed by atoms with E-state index in [-0.39, 0.29) is 10.5 Å². The van der Waals surface area contributed by atoms with E-state index in [1.807, 2.05) is 12.1 Å². The van der Waals surface area contributed by atoms with Crippen molar-refractivity contribution < 1.29 is 22.7 Å². The van der Waals surface area contributed by atoms with Gasteiger partial charge in [-0.05, 0) is 89.5 Å². The molecule has 1 heterocycles. The first-order valence-corrected chi connectivity index (χ1v) is 12.8. The molecule has 0 saturated carbocycles. The summed E-state index contributed by atoms with van der Waals surface area (Å²) in [5.74, 6) is -1.33. The Morgan fingerprint density at radius 3 is 2.32 bits per heavy atom. The third-order valence-electron chi connectivity index (χ3n) is 4.71. The topological polar surface area (TPSA) is 154 Å². The quantitative estimate of drug-likeness (QED) is 0.148. The number of carbonyl (C=O) groups is 2. The Bertz CT molecular complexity index is 1270. The highest BCUT2D eigenvalue weighted by Gasteiger charge is 2.22. The summed E-state index contributed by atoms with van der Waals surface area (Å²) in [7, 11) is -3.92. The summed E-state index contributed by atoms with van der Waals surface area (Å²) in [5, 5.41) is 0. The molecule has 3 aromatic rings. The summed E-state index contributed by atoms with van der Waals surface area (Å²) in [6.45, 7) is 0. The van der Waals surface area contributed by atoms with Gasteiger partial charge in [-0.15, -0.1) is 0 Å². The van der Waals surface area contributed by atoms with Crippen LogP contribution >= 0.6 is 22.6 Å². The molecule has 2 aromatic carbocycles. The summed E-state index contributed by atoms with van der Waals surface area (Å²) in [6, 6.07) is 18.2. The van der Waals surface area contributed by atoms with Crippen LogP contribution in [0.3, 0.4) is 0 Å². The van der Waals surface area contributed by atoms with E-state index in [1.165, 1.54) is 12.1 Å². The fraction of sp³-hybridized carbons (Fsp3) is 0.174. The van der Waals surface area contributed by atoms with Gasteiger partial charge in [0.05, 0.1) is 23.0 Å². The number of nitrogens with zero attached hydrogens (tertiary/aromatic N) is 1. The normalized spacial score (nSPS) is 12.2. The first kappa shape index (κ1) is 25.7. The van der Waals surface area contributed by atoms with E-state index >= 15 is 0 Å². The van der Waals surface area contributed by atoms with Crippen LogP contribution in [0.2, 0.25) is 0 Å². The zero-order valence-electron chi connectivity index (χ0n) is 18.0. The van der Waals surface area contributed by atoms with Gasteiger partial charge >= 0.3 is 11.9 Å². The number of nitrogen functional groups attached to an aromatic ring is 1. The Morgan fingerprint density at radius 2 is 1.68 bits per heavy atom. The second kappa shape index (κ2) is 11.5. The fourth-order valence-electron chi connectivity index (χ4n) is 3.02. The molecular formula is C23H23IN4O5S. The number of esters is 2. The molecule has 0 fully saturated rings. The van der Waals surface area contributed by atoms with Crippen LogP contribution in [0, 0.1) is 3.57 Å². The molecule has 3 rings (SSSR count). The van der Waals surface area contributed by atoms with E-state index in [2.05, 4.69) is 32.3 Å². The number of ether oxygens (including phenoxy) is 1. The van der Waals surface area contributed by atoms with Crippen molar-refractivity contribution in [2.24, 2.45) is 5.73 Å². The number of sulfonamides is 1. The molecule has 0 spiro atoms. The Balaban J connectivity index is 1.49. The predicted molar refractivity (Wildman–Crippen MR) is 135 cm³/mol. The number of aromatic nitrogens is 1. The maximum absolute atomic E-state index is 12.3. The van der Waals surface area contributed by atoms with Crippen LogP contribution in [0.25, 0.3) is 0 Å². The zero-order chi connectivity index (χ0) is 24.7. The van der Waals surface area contributed by atoms with Crippen molar-refractivity contribution in [2.75, 3.05) is 5.73 Å². The highest BCUT2D eigenvalue weighted by Crippen LogP contribution is 2.13. The van der Waals surface area contributed by atoms with Crippen LogP contribution in [0.5, 0.6) is 0 Å². The third kappa shape index (κ3) is 7.58. The van der Waals surface area contributed by atoms with Gasteiger partial charge in [0, 0.05) is 9.26 Å². The van der Waals surface area contributed by atoms with Crippen LogP contribution in [0.15, 0.2) is 71.6 Å². The van der Waals surface area contributed by atoms with E-state index < -0.39 is 34.5 Å². The van der Waals surface area contributed by atoms with Crippen LogP contribution in [-0.4, -0.2) is 31.5 Å². The number of nitrogens with two attached hydrogens (primary N) is 2. The smallest absolute Gasteiger partial charge is 0.345 e. The van der Waals surface area contributed by atoms with E-state index in [1.54, 1.807) is 42.5 Å². The van der Waals surface area contributed by atoms with Crippen molar-refractivity contribution in [1.29, 1.82) is 0 Å². The van der Waals surface area contributed by atoms with Gasteiger partial charge in [0.1, 0.15) is 5.82 Å². The Kier molecular flexibility index (Phi) is 8.72. The van der Waals surface area contributed by atoms with Gasteiger partial charge < -0.3 is 16.2 Å². The van der Waals surface area contributed by atoms with Gasteiger partial charge in [-0.25, -0.2) is 18.2 Å². The molecule has 0 amide bonds. The van der Waals surface area contributed by atoms with Gasteiger partial charge in [-0.3, -0.25) is 4.79 Å². The van der Waals surface area contributed by atoms with E-state index in [9.17, 15) is 18.0 Å². The standard InChI is InChI=1S/C23H23IN4O5S/c24-17-9-12-19(13-10-17)34(31,32)28-21(26)14-22(29)33-23(30)16-7-4-15(5-8-16)6-11-18-2-1-3-20(25)27-18/h1-5,7-10,12-13,21,28H,6,11,14,26H2,(H2,25,27)/t21-/m0/s1. The lowest BCUT2D eigenvalue weighted by molar-refractivity contribution is -0.138. The molecule has 0 aliphatic carbocycles. The number of carbonyl (C=O) groups excluding carboxylic acids is 2. The maximum Gasteiger partial charge on any atom is 0.345 e. The zero-order valence-corrected chi connectivity index (χ0v) is 21.0. The van der Waals surface area contributed by atoms with Crippen LogP contribution < -0.4 is 16.2 Å². The molecule has 0 aliphatic rings. The third-order valence-corrected chi connectivity index (χ3v) is 6.94. The number of rotatable bonds is 9. The van der Waals surface area contributed by atoms with Gasteiger partial charge in [-0.1, -0.05) is 18.2 Å². The van der Waals surface area contributed by atoms with Crippen molar-refractivity contribution in [3.63, 3.8) is 0 Å². The molecule has 0 saturated heterocycles. The molecule has 9 nitrogen and oxygen atoms in total. The summed E-state index contributed by atoms with van der Waals surface area (Å²) in [5.41, 5.74) is 13.4. The molecule has 0 radical (unpaired) electrons. The monoisotopic (exact) mass is 594 g/mol. The molecule has 0 unspecified atom stereocenters. The minimum absolute atomic E-state index is 0.0133. The first-order chi connectivity index (χ1) is 16.1. The van der Waals surface area contributed by atoms with Crippen LogP contribution in [-0.2, 0) is 32.4 Å². The Hall–Kier alpha value is -2.87. The largest absolute Gasteiger partial charge is 0.389 e. The second-order valence-electron chi connectivity index (χ2n) is 7.40. The molecule has 5 N–H and O–H groups in total. The van der Waals surface area contributed by atoms with Crippen molar-refractivity contribution in [2.45, 2.75) is 30.3 Å². The lowest BCUT2D eigenvalue weighted by atomic mass is 10.1. The number of anilines is 1. The van der Waals surface area contributed by atoms with Crippen LogP contribution in [0.4, 0.5) is 5.82 Å². The number of hydrogen-bond donors (Lipinski definition) is 3. The van der Waals surface area contributed by atoms with Gasteiger partial charge in [0.2, 0.25) is 10.0 Å². The number of hydrogen-bond acceptors (Lipinski definition) is 8. The number of benzene rings is 2. The highest BCUT2D eigenvalue weighted by atomic mass is 127. The highest BCUT2D eigenvalue weighted by molar-refractivity contribution is 14.1. The minimum Gasteiger partial charge on any atom is -0.389 e. The summed E-state index contributed by atoms with van der Waals surface area (Å²) >= 11 is 2.05.